The molecule has 2 aliphatic carbocycles. The van der Waals surface area contributed by atoms with Crippen LogP contribution in [-0.2, 0) is 32.3 Å². The third-order valence-electron chi connectivity index (χ3n) is 7.00. The molecular formula is C26H31NO5. The second kappa shape index (κ2) is 10.1. The van der Waals surface area contributed by atoms with Gasteiger partial charge in [0.05, 0.1) is 16.5 Å². The van der Waals surface area contributed by atoms with Crippen LogP contribution >= 0.6 is 0 Å². The van der Waals surface area contributed by atoms with E-state index in [9.17, 15) is 14.7 Å². The molecule has 1 heterocycles. The highest BCUT2D eigenvalue weighted by atomic mass is 16.5. The molecule has 1 aromatic rings. The fraction of sp³-hybridized carbons (Fsp3) is 0.577. The number of aromatic nitrogens is 1. The average Bonchev–Trinajstić information content (AvgIpc) is 3.45. The fourth-order valence-electron chi connectivity index (χ4n) is 4.96. The zero-order chi connectivity index (χ0) is 23.2. The first-order valence-corrected chi connectivity index (χ1v) is 11.3. The van der Waals surface area contributed by atoms with Gasteiger partial charge in [-0.2, -0.15) is 0 Å². The Morgan fingerprint density at radius 3 is 1.91 bits per heavy atom. The first kappa shape index (κ1) is 23.7. The summed E-state index contributed by atoms with van der Waals surface area (Å²) in [5, 5.41) is 10.6. The van der Waals surface area contributed by atoms with Gasteiger partial charge in [0.15, 0.2) is 0 Å². The summed E-state index contributed by atoms with van der Waals surface area (Å²) in [6.07, 6.45) is 19.8. The molecule has 0 aromatic carbocycles. The van der Waals surface area contributed by atoms with Crippen LogP contribution in [0.15, 0.2) is 6.20 Å². The molecule has 0 saturated heterocycles. The van der Waals surface area contributed by atoms with Gasteiger partial charge in [-0.3, -0.25) is 14.6 Å². The van der Waals surface area contributed by atoms with Crippen molar-refractivity contribution >= 4 is 11.9 Å². The van der Waals surface area contributed by atoms with Crippen LogP contribution in [0.1, 0.15) is 81.0 Å². The second-order valence-electron chi connectivity index (χ2n) is 9.08. The SMILES string of the molecule is C#CCC1(C(=O)OCc2cnc(C)c(O)c2COC(=O)C2(CC#C)CCCC2)CCCC1. The molecule has 0 spiro atoms. The number of carbonyl (C=O) groups is 2. The predicted octanol–water partition coefficient (Wildman–Crippen LogP) is 4.35. The molecule has 170 valence electrons. The normalized spacial score (nSPS) is 18.5. The number of ether oxygens (including phenoxy) is 2. The Morgan fingerprint density at radius 2 is 1.44 bits per heavy atom. The molecule has 6 nitrogen and oxygen atoms in total. The Labute approximate surface area is 190 Å². The molecule has 0 aliphatic heterocycles. The zero-order valence-electron chi connectivity index (χ0n) is 18.7. The Kier molecular flexibility index (Phi) is 7.46. The number of aryl methyl sites for hydroxylation is 1. The summed E-state index contributed by atoms with van der Waals surface area (Å²) in [5.41, 5.74) is 0.0183. The van der Waals surface area contributed by atoms with Crippen molar-refractivity contribution in [2.45, 2.75) is 84.3 Å². The Hall–Kier alpha value is -2.99. The maximum absolute atomic E-state index is 12.9. The largest absolute Gasteiger partial charge is 0.506 e. The minimum atomic E-state index is -0.650. The molecule has 0 unspecified atom stereocenters. The van der Waals surface area contributed by atoms with E-state index in [1.807, 2.05) is 0 Å². The van der Waals surface area contributed by atoms with Crippen LogP contribution in [0.25, 0.3) is 0 Å². The number of pyridine rings is 1. The summed E-state index contributed by atoms with van der Waals surface area (Å²) in [5.74, 6) is 4.47. The van der Waals surface area contributed by atoms with E-state index in [0.29, 0.717) is 42.5 Å². The Bertz CT molecular complexity index is 940. The van der Waals surface area contributed by atoms with Gasteiger partial charge in [-0.1, -0.05) is 25.7 Å². The molecule has 2 aliphatic rings. The van der Waals surface area contributed by atoms with E-state index >= 15 is 0 Å². The van der Waals surface area contributed by atoms with E-state index in [-0.39, 0.29) is 30.9 Å². The monoisotopic (exact) mass is 437 g/mol. The van der Waals surface area contributed by atoms with Crippen molar-refractivity contribution < 1.29 is 24.2 Å². The Morgan fingerprint density at radius 1 is 0.969 bits per heavy atom. The lowest BCUT2D eigenvalue weighted by Crippen LogP contribution is -2.30. The molecule has 2 saturated carbocycles. The van der Waals surface area contributed by atoms with E-state index in [1.54, 1.807) is 13.1 Å². The standard InChI is InChI=1S/C26H31NO5/c1-4-10-25(12-6-7-13-25)23(29)31-17-20-16-27-19(3)22(28)21(20)18-32-24(30)26(11-5-2)14-8-9-15-26/h1-2,16,28H,6-15,17-18H2,3H3. The molecule has 3 rings (SSSR count). The van der Waals surface area contributed by atoms with Gasteiger partial charge in [0.25, 0.3) is 0 Å². The van der Waals surface area contributed by atoms with Crippen LogP contribution < -0.4 is 0 Å². The lowest BCUT2D eigenvalue weighted by Gasteiger charge is -2.25. The first-order valence-electron chi connectivity index (χ1n) is 11.3. The topological polar surface area (TPSA) is 85.7 Å². The zero-order valence-corrected chi connectivity index (χ0v) is 18.7. The Balaban J connectivity index is 1.73. The van der Waals surface area contributed by atoms with Crippen LogP contribution in [0.3, 0.4) is 0 Å². The summed E-state index contributed by atoms with van der Waals surface area (Å²) < 4.78 is 11.2. The van der Waals surface area contributed by atoms with Crippen molar-refractivity contribution in [3.05, 3.63) is 23.0 Å². The summed E-state index contributed by atoms with van der Waals surface area (Å²) in [6, 6.07) is 0. The summed E-state index contributed by atoms with van der Waals surface area (Å²) in [7, 11) is 0. The van der Waals surface area contributed by atoms with E-state index in [2.05, 4.69) is 16.8 Å². The lowest BCUT2D eigenvalue weighted by molar-refractivity contribution is -0.158. The number of hydrogen-bond acceptors (Lipinski definition) is 6. The summed E-state index contributed by atoms with van der Waals surface area (Å²) in [4.78, 5) is 29.9. The highest BCUT2D eigenvalue weighted by Gasteiger charge is 2.43. The predicted molar refractivity (Wildman–Crippen MR) is 119 cm³/mol. The first-order chi connectivity index (χ1) is 15.4. The highest BCUT2D eigenvalue weighted by Crippen LogP contribution is 2.43. The van der Waals surface area contributed by atoms with E-state index in [0.717, 1.165) is 38.5 Å². The molecular weight excluding hydrogens is 406 g/mol. The lowest BCUT2D eigenvalue weighted by atomic mass is 9.83. The number of nitrogens with zero attached hydrogens (tertiary/aromatic N) is 1. The number of hydrogen-bond donors (Lipinski definition) is 1. The number of rotatable bonds is 8. The number of esters is 2. The molecule has 0 amide bonds. The maximum Gasteiger partial charge on any atom is 0.313 e. The number of terminal acetylenes is 2. The number of carbonyl (C=O) groups excluding carboxylic acids is 2. The molecule has 0 atom stereocenters. The van der Waals surface area contributed by atoms with Gasteiger partial charge in [-0.05, 0) is 32.6 Å². The fourth-order valence-corrected chi connectivity index (χ4v) is 4.96. The molecule has 32 heavy (non-hydrogen) atoms. The third kappa shape index (κ3) is 4.75. The molecule has 2 fully saturated rings. The third-order valence-corrected chi connectivity index (χ3v) is 7.00. The van der Waals surface area contributed by atoms with Crippen molar-refractivity contribution in [2.24, 2.45) is 10.8 Å². The summed E-state index contributed by atoms with van der Waals surface area (Å²) >= 11 is 0. The quantitative estimate of drug-likeness (QED) is 0.481. The molecule has 0 bridgehead atoms. The number of aromatic hydroxyl groups is 1. The van der Waals surface area contributed by atoms with Crippen LogP contribution in [-0.4, -0.2) is 22.0 Å². The maximum atomic E-state index is 12.9. The molecule has 6 heteroatoms. The minimum absolute atomic E-state index is 0.0667. The minimum Gasteiger partial charge on any atom is -0.506 e. The van der Waals surface area contributed by atoms with Crippen molar-refractivity contribution in [3.63, 3.8) is 0 Å². The van der Waals surface area contributed by atoms with Crippen LogP contribution in [0, 0.1) is 42.4 Å². The van der Waals surface area contributed by atoms with Gasteiger partial charge in [0.1, 0.15) is 19.0 Å². The van der Waals surface area contributed by atoms with Gasteiger partial charge < -0.3 is 14.6 Å². The smallest absolute Gasteiger partial charge is 0.313 e. The average molecular weight is 438 g/mol. The van der Waals surface area contributed by atoms with Gasteiger partial charge in [-0.15, -0.1) is 24.7 Å². The van der Waals surface area contributed by atoms with Gasteiger partial charge in [-0.25, -0.2) is 0 Å². The van der Waals surface area contributed by atoms with Crippen LogP contribution in [0.5, 0.6) is 5.75 Å². The van der Waals surface area contributed by atoms with Crippen molar-refractivity contribution in [1.29, 1.82) is 0 Å². The van der Waals surface area contributed by atoms with E-state index < -0.39 is 10.8 Å². The van der Waals surface area contributed by atoms with Crippen LogP contribution in [0.4, 0.5) is 0 Å². The molecule has 1 aromatic heterocycles. The van der Waals surface area contributed by atoms with Gasteiger partial charge in [0.2, 0.25) is 0 Å². The van der Waals surface area contributed by atoms with Crippen molar-refractivity contribution in [1.82, 2.24) is 4.98 Å². The van der Waals surface area contributed by atoms with E-state index in [4.69, 9.17) is 22.3 Å². The van der Waals surface area contributed by atoms with Crippen LogP contribution in [0.2, 0.25) is 0 Å². The molecule has 0 radical (unpaired) electrons. The van der Waals surface area contributed by atoms with Crippen molar-refractivity contribution in [3.8, 4) is 30.4 Å². The summed E-state index contributed by atoms with van der Waals surface area (Å²) in [6.45, 7) is 1.45. The van der Waals surface area contributed by atoms with Crippen molar-refractivity contribution in [2.75, 3.05) is 0 Å². The molecule has 1 N–H and O–H groups in total. The van der Waals surface area contributed by atoms with E-state index in [1.165, 1.54) is 0 Å². The van der Waals surface area contributed by atoms with Gasteiger partial charge >= 0.3 is 11.9 Å². The van der Waals surface area contributed by atoms with Gasteiger partial charge in [0, 0.05) is 30.2 Å². The second-order valence-corrected chi connectivity index (χ2v) is 9.08. The highest BCUT2D eigenvalue weighted by molar-refractivity contribution is 5.78.